The van der Waals surface area contributed by atoms with Crippen molar-refractivity contribution >= 4 is 41.1 Å². The van der Waals surface area contributed by atoms with Gasteiger partial charge in [0.05, 0.1) is 6.54 Å². The molecule has 2 aliphatic rings. The smallest absolute Gasteiger partial charge is 0.244 e. The molecular weight excluding hydrogens is 700 g/mol. The number of amides is 5. The van der Waals surface area contributed by atoms with E-state index < -0.39 is 59.4 Å². The molecule has 0 unspecified atom stereocenters. The second-order valence-corrected chi connectivity index (χ2v) is 14.8. The number of allylic oxidation sites excluding steroid dienone is 1. The zero-order valence-corrected chi connectivity index (χ0v) is 31.7. The first-order valence-corrected chi connectivity index (χ1v) is 19.7. The van der Waals surface area contributed by atoms with E-state index in [1.807, 2.05) is 6.07 Å². The number of nitrogens with two attached hydrogens (primary N) is 1. The average molecular weight is 758 g/mol. The van der Waals surface area contributed by atoms with Gasteiger partial charge in [-0.05, 0) is 62.5 Å². The molecule has 0 spiro atoms. The Morgan fingerprint density at radius 1 is 0.709 bits per heavy atom. The first-order valence-electron chi connectivity index (χ1n) is 19.7. The molecule has 1 aliphatic heterocycles. The Morgan fingerprint density at radius 2 is 1.38 bits per heavy atom. The lowest BCUT2D eigenvalue weighted by molar-refractivity contribution is -0.368. The highest BCUT2D eigenvalue weighted by molar-refractivity contribution is 6.09. The van der Waals surface area contributed by atoms with Crippen molar-refractivity contribution in [3.8, 4) is 0 Å². The lowest BCUT2D eigenvalue weighted by Gasteiger charge is -2.29. The highest BCUT2D eigenvalue weighted by Crippen LogP contribution is 2.28. The number of hydrogen-bond donors (Lipinski definition) is 6. The Morgan fingerprint density at radius 3 is 2.07 bits per heavy atom. The third-order valence-corrected chi connectivity index (χ3v) is 10.4. The van der Waals surface area contributed by atoms with Gasteiger partial charge in [-0.25, -0.2) is 0 Å². The molecule has 1 fully saturated rings. The van der Waals surface area contributed by atoms with Crippen LogP contribution in [0.4, 0.5) is 0 Å². The van der Waals surface area contributed by atoms with Gasteiger partial charge >= 0.3 is 0 Å². The average Bonchev–Trinajstić information content (AvgIpc) is 3.18. The van der Waals surface area contributed by atoms with E-state index >= 15 is 0 Å². The first-order chi connectivity index (χ1) is 26.5. The molecule has 0 radical (unpaired) electrons. The second-order valence-electron chi connectivity index (χ2n) is 14.8. The van der Waals surface area contributed by atoms with Gasteiger partial charge in [-0.15, -0.1) is 0 Å². The standard InChI is InChI=1S/C42H56N6O7/c43-23-9-7-15-32-27-33(49)21-22-37(50)46-34(39(44)52)16-8-10-24-45-41(54)35(48-42(55)36(47-40(32)53)25-28-11-3-1-4-12-28)26-29-17-19-31(20-18-29)38(51)30-13-5-2-6-14-30/h2,5-6,13-14,17-22,28,32,34-36H,1,3-4,7-12,15-16,23-27,43H2,(H2,44,52)(H,45,54)(H,46,50)(H,47,53)(H,48,55)/p+1/b22-21+/t32-,34-,35+,36+/m0/s1. The topological polar surface area (TPSA) is 221 Å². The van der Waals surface area contributed by atoms with Gasteiger partial charge in [0.25, 0.3) is 0 Å². The van der Waals surface area contributed by atoms with E-state index in [0.717, 1.165) is 50.7 Å². The van der Waals surface area contributed by atoms with Crippen LogP contribution >= 0.6 is 0 Å². The number of carbonyl (C=O) groups is 7. The maximum atomic E-state index is 14.2. The van der Waals surface area contributed by atoms with Crippen LogP contribution in [0.5, 0.6) is 0 Å². The summed E-state index contributed by atoms with van der Waals surface area (Å²) in [6.07, 6.45) is 10.3. The Kier molecular flexibility index (Phi) is 17.2. The minimum Gasteiger partial charge on any atom is -0.368 e. The van der Waals surface area contributed by atoms with E-state index in [1.54, 1.807) is 48.5 Å². The Bertz CT molecular complexity index is 1660. The van der Waals surface area contributed by atoms with E-state index in [-0.39, 0.29) is 37.5 Å². The van der Waals surface area contributed by atoms with Crippen molar-refractivity contribution in [1.29, 1.82) is 0 Å². The van der Waals surface area contributed by atoms with Gasteiger partial charge in [0.2, 0.25) is 29.5 Å². The molecule has 2 aromatic carbocycles. The van der Waals surface area contributed by atoms with Crippen LogP contribution in [0.3, 0.4) is 0 Å². The third-order valence-electron chi connectivity index (χ3n) is 10.4. The van der Waals surface area contributed by atoms with Gasteiger partial charge in [0.1, 0.15) is 18.1 Å². The fraction of sp³-hybridized carbons (Fsp3) is 0.500. The zero-order valence-electron chi connectivity index (χ0n) is 31.7. The van der Waals surface area contributed by atoms with Gasteiger partial charge in [0.15, 0.2) is 11.6 Å². The van der Waals surface area contributed by atoms with Crippen LogP contribution < -0.4 is 32.7 Å². The largest absolute Gasteiger partial charge is 0.368 e. The number of quaternary nitrogens is 1. The maximum Gasteiger partial charge on any atom is 0.244 e. The molecule has 13 heteroatoms. The van der Waals surface area contributed by atoms with E-state index in [4.69, 9.17) is 5.73 Å². The molecule has 0 saturated heterocycles. The van der Waals surface area contributed by atoms with E-state index in [1.165, 1.54) is 0 Å². The van der Waals surface area contributed by atoms with E-state index in [2.05, 4.69) is 27.0 Å². The van der Waals surface area contributed by atoms with Crippen molar-refractivity contribution < 1.29 is 39.3 Å². The van der Waals surface area contributed by atoms with Gasteiger partial charge in [-0.2, -0.15) is 0 Å². The highest BCUT2D eigenvalue weighted by atomic mass is 16.2. The lowest BCUT2D eigenvalue weighted by atomic mass is 9.84. The van der Waals surface area contributed by atoms with Crippen molar-refractivity contribution in [2.45, 2.75) is 108 Å². The molecule has 9 N–H and O–H groups in total. The molecule has 0 bridgehead atoms. The van der Waals surface area contributed by atoms with Gasteiger partial charge < -0.3 is 32.7 Å². The van der Waals surface area contributed by atoms with Crippen molar-refractivity contribution in [2.24, 2.45) is 17.6 Å². The number of hydrogen-bond acceptors (Lipinski definition) is 7. The molecule has 1 saturated carbocycles. The summed E-state index contributed by atoms with van der Waals surface area (Å²) in [5.41, 5.74) is 11.2. The van der Waals surface area contributed by atoms with Crippen LogP contribution in [-0.2, 0) is 35.2 Å². The lowest BCUT2D eigenvalue weighted by Crippen LogP contribution is -2.55. The Hall–Kier alpha value is -5.17. The maximum absolute atomic E-state index is 14.2. The minimum absolute atomic E-state index is 0.117. The number of nitrogens with one attached hydrogen (secondary N) is 4. The van der Waals surface area contributed by atoms with Crippen molar-refractivity contribution in [1.82, 2.24) is 21.3 Å². The van der Waals surface area contributed by atoms with Gasteiger partial charge in [-0.1, -0.05) is 86.7 Å². The summed E-state index contributed by atoms with van der Waals surface area (Å²) < 4.78 is 0. The molecule has 1 heterocycles. The summed E-state index contributed by atoms with van der Waals surface area (Å²) in [6.45, 7) is 0.881. The van der Waals surface area contributed by atoms with Crippen LogP contribution in [0, 0.1) is 11.8 Å². The summed E-state index contributed by atoms with van der Waals surface area (Å²) in [5.74, 6) is -3.92. The predicted molar refractivity (Wildman–Crippen MR) is 207 cm³/mol. The van der Waals surface area contributed by atoms with Crippen LogP contribution in [0.15, 0.2) is 66.7 Å². The quantitative estimate of drug-likeness (QED) is 0.148. The van der Waals surface area contributed by atoms with Crippen molar-refractivity contribution in [3.63, 3.8) is 0 Å². The molecule has 13 nitrogen and oxygen atoms in total. The van der Waals surface area contributed by atoms with Crippen LogP contribution in [0.25, 0.3) is 0 Å². The first kappa shape index (κ1) is 42.6. The summed E-state index contributed by atoms with van der Waals surface area (Å²) in [7, 11) is 0. The number of primary amides is 1. The molecule has 296 valence electrons. The molecule has 1 aliphatic carbocycles. The molecule has 4 rings (SSSR count). The number of carbonyl (C=O) groups excluding carboxylic acids is 7. The van der Waals surface area contributed by atoms with Crippen LogP contribution in [-0.4, -0.2) is 72.3 Å². The third kappa shape index (κ3) is 14.2. The van der Waals surface area contributed by atoms with Crippen molar-refractivity contribution in [2.75, 3.05) is 13.1 Å². The summed E-state index contributed by atoms with van der Waals surface area (Å²) >= 11 is 0. The Balaban J connectivity index is 1.61. The van der Waals surface area contributed by atoms with Gasteiger partial charge in [0, 0.05) is 42.5 Å². The zero-order chi connectivity index (χ0) is 39.6. The normalized spacial score (nSPS) is 23.4. The van der Waals surface area contributed by atoms with E-state index in [9.17, 15) is 33.6 Å². The fourth-order valence-corrected chi connectivity index (χ4v) is 7.23. The number of ketones is 2. The predicted octanol–water partition coefficient (Wildman–Crippen LogP) is 2.21. The molecule has 2 aromatic rings. The number of unbranched alkanes of at least 4 members (excludes halogenated alkanes) is 1. The molecule has 0 aromatic heterocycles. The monoisotopic (exact) mass is 757 g/mol. The molecule has 55 heavy (non-hydrogen) atoms. The van der Waals surface area contributed by atoms with Crippen LogP contribution in [0.2, 0.25) is 0 Å². The summed E-state index contributed by atoms with van der Waals surface area (Å²) in [4.78, 5) is 92.7. The fourth-order valence-electron chi connectivity index (χ4n) is 7.23. The Labute approximate surface area is 323 Å². The molecular formula is C42H57N6O7+. The van der Waals surface area contributed by atoms with Gasteiger partial charge in [-0.3, -0.25) is 33.6 Å². The molecule has 4 atom stereocenters. The van der Waals surface area contributed by atoms with E-state index in [0.29, 0.717) is 55.3 Å². The summed E-state index contributed by atoms with van der Waals surface area (Å²) in [6, 6.07) is 12.9. The number of benzene rings is 2. The second kappa shape index (κ2) is 22.3. The highest BCUT2D eigenvalue weighted by Gasteiger charge is 2.32. The van der Waals surface area contributed by atoms with Crippen molar-refractivity contribution in [3.05, 3.63) is 83.4 Å². The summed E-state index contributed by atoms with van der Waals surface area (Å²) in [5, 5.41) is 11.3. The van der Waals surface area contributed by atoms with Crippen LogP contribution in [0.1, 0.15) is 105 Å². The SMILES string of the molecule is NC(=O)[C@@H]1CCCCNC(=O)[C@@H](Cc2ccc(C(=O)c3ccccc3)cc2)NC(=O)[C@@H](CC2CCCCC2)NC(=O)[C@@H](CCCC[NH3+])CC(=O)/C=C/C(=O)N1. The minimum atomic E-state index is -1.02. The number of rotatable bonds is 11. The molecule has 5 amide bonds.